The van der Waals surface area contributed by atoms with Crippen LogP contribution in [0.1, 0.15) is 11.7 Å². The van der Waals surface area contributed by atoms with Crippen molar-refractivity contribution in [2.24, 2.45) is 4.99 Å². The second-order valence-electron chi connectivity index (χ2n) is 2.27. The highest BCUT2D eigenvalue weighted by atomic mass is 79.9. The third kappa shape index (κ3) is 2.48. The number of pyridine rings is 1. The van der Waals surface area contributed by atoms with Gasteiger partial charge in [-0.25, -0.2) is 4.79 Å². The molecule has 0 spiro atoms. The molecule has 0 N–H and O–H groups in total. The van der Waals surface area contributed by atoms with Gasteiger partial charge in [0, 0.05) is 15.1 Å². The van der Waals surface area contributed by atoms with E-state index >= 15 is 0 Å². The summed E-state index contributed by atoms with van der Waals surface area (Å²) in [6, 6.07) is 2.66. The molecule has 0 aliphatic carbocycles. The summed E-state index contributed by atoms with van der Waals surface area (Å²) in [6.45, 7) is 0. The van der Waals surface area contributed by atoms with Gasteiger partial charge >= 0.3 is 0 Å². The number of aromatic nitrogens is 1. The van der Waals surface area contributed by atoms with Crippen molar-refractivity contribution >= 4 is 37.9 Å². The maximum atomic E-state index is 10.0. The van der Waals surface area contributed by atoms with Crippen LogP contribution in [0.25, 0.3) is 0 Å². The largest absolute Gasteiger partial charge is 0.255 e. The predicted molar refractivity (Wildman–Crippen MR) is 56.1 cm³/mol. The van der Waals surface area contributed by atoms with Crippen molar-refractivity contribution in [3.8, 4) is 6.07 Å². The Bertz CT molecular complexity index is 435. The minimum atomic E-state index is -0.907. The monoisotopic (exact) mass is 315 g/mol. The Hall–Kier alpha value is -1.02. The van der Waals surface area contributed by atoms with E-state index in [1.54, 1.807) is 6.07 Å². The van der Waals surface area contributed by atoms with E-state index in [1.807, 2.05) is 6.07 Å². The molecule has 0 bridgehead atoms. The lowest BCUT2D eigenvalue weighted by molar-refractivity contribution is 0.561. The van der Waals surface area contributed by atoms with Crippen molar-refractivity contribution in [2.45, 2.75) is 6.04 Å². The predicted octanol–water partition coefficient (Wildman–Crippen LogP) is 2.51. The van der Waals surface area contributed by atoms with Crippen LogP contribution < -0.4 is 0 Å². The molecule has 70 valence electrons. The van der Waals surface area contributed by atoms with Crippen LogP contribution in [0.5, 0.6) is 0 Å². The average Bonchev–Trinajstić information content (AvgIpc) is 2.15. The van der Waals surface area contributed by atoms with Crippen LogP contribution in [0.4, 0.5) is 0 Å². The molecule has 14 heavy (non-hydrogen) atoms. The second-order valence-corrected chi connectivity index (χ2v) is 4.04. The first-order valence-electron chi connectivity index (χ1n) is 3.46. The van der Waals surface area contributed by atoms with E-state index in [9.17, 15) is 4.79 Å². The highest BCUT2D eigenvalue weighted by Crippen LogP contribution is 2.25. The van der Waals surface area contributed by atoms with E-state index in [0.29, 0.717) is 10.2 Å². The molecule has 0 saturated carbocycles. The zero-order valence-corrected chi connectivity index (χ0v) is 9.91. The Morgan fingerprint density at radius 3 is 2.79 bits per heavy atom. The summed E-state index contributed by atoms with van der Waals surface area (Å²) in [6.07, 6.45) is 2.87. The number of hydrogen-bond donors (Lipinski definition) is 0. The summed E-state index contributed by atoms with van der Waals surface area (Å²) in [5.41, 5.74) is 0.402. The Morgan fingerprint density at radius 1 is 1.57 bits per heavy atom. The number of rotatable bonds is 2. The number of carbonyl (C=O) groups excluding carboxylic acids is 1. The van der Waals surface area contributed by atoms with Crippen LogP contribution in [-0.4, -0.2) is 11.1 Å². The maximum Gasteiger partial charge on any atom is 0.236 e. The van der Waals surface area contributed by atoms with Gasteiger partial charge in [-0.05, 0) is 37.9 Å². The molecule has 1 aromatic rings. The zero-order valence-electron chi connectivity index (χ0n) is 6.74. The number of nitriles is 1. The molecule has 0 aliphatic heterocycles. The second kappa shape index (κ2) is 5.01. The minimum Gasteiger partial charge on any atom is -0.255 e. The van der Waals surface area contributed by atoms with Gasteiger partial charge in [0.25, 0.3) is 0 Å². The molecule has 0 aromatic carbocycles. The van der Waals surface area contributed by atoms with Crippen molar-refractivity contribution in [3.05, 3.63) is 26.9 Å². The first-order valence-corrected chi connectivity index (χ1v) is 5.05. The summed E-state index contributed by atoms with van der Waals surface area (Å²) in [5, 5.41) is 8.71. The molecule has 1 heterocycles. The molecular formula is C8H3Br2N3O. The van der Waals surface area contributed by atoms with Gasteiger partial charge in [0.2, 0.25) is 6.08 Å². The fourth-order valence-corrected chi connectivity index (χ4v) is 2.03. The summed E-state index contributed by atoms with van der Waals surface area (Å²) in [4.78, 5) is 17.3. The molecule has 6 heteroatoms. The normalized spacial score (nSPS) is 11.2. The number of halogens is 2. The van der Waals surface area contributed by atoms with Crippen molar-refractivity contribution in [3.63, 3.8) is 0 Å². The van der Waals surface area contributed by atoms with E-state index in [4.69, 9.17) is 5.26 Å². The van der Waals surface area contributed by atoms with Gasteiger partial charge in [-0.3, -0.25) is 4.98 Å². The Morgan fingerprint density at radius 2 is 2.29 bits per heavy atom. The molecule has 0 saturated heterocycles. The molecule has 0 aliphatic rings. The van der Waals surface area contributed by atoms with Crippen LogP contribution in [0.3, 0.4) is 0 Å². The zero-order chi connectivity index (χ0) is 10.6. The molecule has 0 radical (unpaired) electrons. The Labute approximate surface area is 96.9 Å². The molecule has 0 fully saturated rings. The van der Waals surface area contributed by atoms with E-state index in [1.165, 1.54) is 12.3 Å². The van der Waals surface area contributed by atoms with Crippen molar-refractivity contribution < 1.29 is 4.79 Å². The number of nitrogens with zero attached hydrogens (tertiary/aromatic N) is 3. The molecule has 4 nitrogen and oxygen atoms in total. The van der Waals surface area contributed by atoms with Gasteiger partial charge in [0.05, 0.1) is 11.8 Å². The lowest BCUT2D eigenvalue weighted by atomic mass is 10.2. The van der Waals surface area contributed by atoms with E-state index in [-0.39, 0.29) is 0 Å². The van der Waals surface area contributed by atoms with Crippen LogP contribution >= 0.6 is 31.9 Å². The third-order valence-electron chi connectivity index (χ3n) is 1.40. The van der Waals surface area contributed by atoms with Gasteiger partial charge in [-0.15, -0.1) is 0 Å². The standard InChI is InChI=1S/C8H3Br2N3O/c9-5-1-6(10)8(12-3-5)7(2-11)13-4-14/h1,3,7H. The lowest BCUT2D eigenvalue weighted by Gasteiger charge is -2.03. The minimum absolute atomic E-state index is 0.402. The average molecular weight is 317 g/mol. The van der Waals surface area contributed by atoms with Crippen LogP contribution in [-0.2, 0) is 4.79 Å². The van der Waals surface area contributed by atoms with Gasteiger partial charge in [-0.2, -0.15) is 10.3 Å². The fourth-order valence-electron chi connectivity index (χ4n) is 0.830. The fraction of sp³-hybridized carbons (Fsp3) is 0.125. The third-order valence-corrected chi connectivity index (χ3v) is 2.47. The molecule has 0 amide bonds. The van der Waals surface area contributed by atoms with Crippen LogP contribution in [0, 0.1) is 11.3 Å². The van der Waals surface area contributed by atoms with Crippen molar-refractivity contribution in [1.82, 2.24) is 4.98 Å². The van der Waals surface area contributed by atoms with Gasteiger partial charge < -0.3 is 0 Å². The van der Waals surface area contributed by atoms with Gasteiger partial charge in [0.1, 0.15) is 0 Å². The quantitative estimate of drug-likeness (QED) is 0.622. The molecule has 1 rings (SSSR count). The summed E-state index contributed by atoms with van der Waals surface area (Å²) < 4.78 is 1.40. The topological polar surface area (TPSA) is 66.1 Å². The molecule has 1 aromatic heterocycles. The van der Waals surface area contributed by atoms with Gasteiger partial charge in [-0.1, -0.05) is 0 Å². The first-order chi connectivity index (χ1) is 6.69. The molecule has 1 unspecified atom stereocenters. The Kier molecular flexibility index (Phi) is 3.96. The number of isocyanates is 1. The molecular weight excluding hydrogens is 314 g/mol. The molecule has 1 atom stereocenters. The van der Waals surface area contributed by atoms with Crippen LogP contribution in [0.2, 0.25) is 0 Å². The van der Waals surface area contributed by atoms with Crippen molar-refractivity contribution in [2.75, 3.05) is 0 Å². The first kappa shape index (κ1) is 11.1. The van der Waals surface area contributed by atoms with E-state index in [2.05, 4.69) is 41.8 Å². The van der Waals surface area contributed by atoms with Gasteiger partial charge in [0.15, 0.2) is 6.04 Å². The summed E-state index contributed by atoms with van der Waals surface area (Å²) >= 11 is 6.45. The highest BCUT2D eigenvalue weighted by Gasteiger charge is 2.14. The SMILES string of the molecule is N#CC(N=C=O)c1ncc(Br)cc1Br. The van der Waals surface area contributed by atoms with E-state index < -0.39 is 6.04 Å². The lowest BCUT2D eigenvalue weighted by Crippen LogP contribution is -1.97. The smallest absolute Gasteiger partial charge is 0.236 e. The van der Waals surface area contributed by atoms with Crippen molar-refractivity contribution in [1.29, 1.82) is 5.26 Å². The van der Waals surface area contributed by atoms with E-state index in [0.717, 1.165) is 4.47 Å². The van der Waals surface area contributed by atoms with Crippen LogP contribution in [0.15, 0.2) is 26.2 Å². The summed E-state index contributed by atoms with van der Waals surface area (Å²) in [7, 11) is 0. The summed E-state index contributed by atoms with van der Waals surface area (Å²) in [5.74, 6) is 0. The highest BCUT2D eigenvalue weighted by molar-refractivity contribution is 9.11. The Balaban J connectivity index is 3.18. The maximum absolute atomic E-state index is 10.0. The number of aliphatic imine (C=N–C) groups is 1. The number of hydrogen-bond acceptors (Lipinski definition) is 4.